The largest absolute Gasteiger partial charge is 0.442 e. The summed E-state index contributed by atoms with van der Waals surface area (Å²) >= 11 is 3.37. The van der Waals surface area contributed by atoms with Gasteiger partial charge in [0.15, 0.2) is 22.4 Å². The number of hydrogen-bond donors (Lipinski definition) is 0. The molecule has 0 amide bonds. The average molecular weight is 321 g/mol. The third kappa shape index (κ3) is 2.06. The van der Waals surface area contributed by atoms with E-state index < -0.39 is 0 Å². The fraction of sp³-hybridized carbons (Fsp3) is 0.308. The van der Waals surface area contributed by atoms with Crippen molar-refractivity contribution in [2.75, 3.05) is 0 Å². The van der Waals surface area contributed by atoms with E-state index in [1.165, 1.54) is 6.39 Å². The van der Waals surface area contributed by atoms with Crippen LogP contribution >= 0.6 is 15.9 Å². The topological polar surface area (TPSA) is 56.2 Å². The molecule has 0 bridgehead atoms. The summed E-state index contributed by atoms with van der Waals surface area (Å²) in [5.74, 6) is 1.62. The van der Waals surface area contributed by atoms with Gasteiger partial charge in [0.25, 0.3) is 0 Å². The lowest BCUT2D eigenvalue weighted by molar-refractivity contribution is 0.538. The molecule has 6 heteroatoms. The Kier molecular flexibility index (Phi) is 2.70. The summed E-state index contributed by atoms with van der Waals surface area (Å²) in [6.07, 6.45) is 3.39. The van der Waals surface area contributed by atoms with E-state index >= 15 is 0 Å². The molecule has 3 aromatic rings. The summed E-state index contributed by atoms with van der Waals surface area (Å²) in [5, 5.41) is 8.45. The first-order valence-electron chi connectivity index (χ1n) is 5.91. The molecule has 0 spiro atoms. The summed E-state index contributed by atoms with van der Waals surface area (Å²) in [5.41, 5.74) is 1.68. The molecule has 3 heterocycles. The predicted molar refractivity (Wildman–Crippen MR) is 74.9 cm³/mol. The van der Waals surface area contributed by atoms with Gasteiger partial charge in [0.05, 0.1) is 0 Å². The van der Waals surface area contributed by atoms with E-state index in [4.69, 9.17) is 4.42 Å². The molecule has 98 valence electrons. The molecule has 3 aromatic heterocycles. The van der Waals surface area contributed by atoms with Gasteiger partial charge < -0.3 is 4.42 Å². The van der Waals surface area contributed by atoms with Gasteiger partial charge >= 0.3 is 0 Å². The van der Waals surface area contributed by atoms with Gasteiger partial charge in [0.2, 0.25) is 0 Å². The van der Waals surface area contributed by atoms with Crippen molar-refractivity contribution in [1.29, 1.82) is 0 Å². The molecular weight excluding hydrogens is 308 g/mol. The molecule has 0 aliphatic heterocycles. The maximum absolute atomic E-state index is 5.39. The summed E-state index contributed by atoms with van der Waals surface area (Å²) in [4.78, 5) is 4.04. The SMILES string of the molecule is CC(C)(C)c1nnc2ccc(-c3ocnc3Br)cn12. The van der Waals surface area contributed by atoms with Gasteiger partial charge in [-0.15, -0.1) is 10.2 Å². The second kappa shape index (κ2) is 4.16. The first-order valence-corrected chi connectivity index (χ1v) is 6.71. The van der Waals surface area contributed by atoms with Crippen LogP contribution < -0.4 is 0 Å². The van der Waals surface area contributed by atoms with Gasteiger partial charge in [0, 0.05) is 17.2 Å². The minimum atomic E-state index is -0.0727. The lowest BCUT2D eigenvalue weighted by Crippen LogP contribution is -2.15. The van der Waals surface area contributed by atoms with Crippen molar-refractivity contribution in [3.8, 4) is 11.3 Å². The number of halogens is 1. The Labute approximate surface area is 118 Å². The molecule has 0 atom stereocenters. The zero-order valence-corrected chi connectivity index (χ0v) is 12.5. The molecule has 0 N–H and O–H groups in total. The zero-order valence-electron chi connectivity index (χ0n) is 10.9. The van der Waals surface area contributed by atoms with Crippen molar-refractivity contribution in [1.82, 2.24) is 19.6 Å². The molecule has 0 saturated heterocycles. The van der Waals surface area contributed by atoms with E-state index in [2.05, 4.69) is 51.9 Å². The molecule has 0 saturated carbocycles. The fourth-order valence-corrected chi connectivity index (χ4v) is 2.36. The van der Waals surface area contributed by atoms with E-state index in [1.807, 2.05) is 22.7 Å². The Balaban J connectivity index is 2.23. The highest BCUT2D eigenvalue weighted by Crippen LogP contribution is 2.28. The van der Waals surface area contributed by atoms with Crippen LogP contribution in [0.2, 0.25) is 0 Å². The number of fused-ring (bicyclic) bond motifs is 1. The van der Waals surface area contributed by atoms with Crippen LogP contribution in [0.5, 0.6) is 0 Å². The summed E-state index contributed by atoms with van der Waals surface area (Å²) in [6.45, 7) is 6.33. The van der Waals surface area contributed by atoms with Crippen molar-refractivity contribution in [3.63, 3.8) is 0 Å². The molecule has 0 aliphatic rings. The molecule has 0 radical (unpaired) electrons. The van der Waals surface area contributed by atoms with Crippen molar-refractivity contribution in [3.05, 3.63) is 35.2 Å². The summed E-state index contributed by atoms with van der Waals surface area (Å²) in [6, 6.07) is 3.87. The van der Waals surface area contributed by atoms with Crippen LogP contribution in [0.15, 0.2) is 33.7 Å². The highest BCUT2D eigenvalue weighted by atomic mass is 79.9. The fourth-order valence-electron chi connectivity index (χ4n) is 1.96. The molecule has 5 nitrogen and oxygen atoms in total. The predicted octanol–water partition coefficient (Wildman–Crippen LogP) is 3.44. The number of hydrogen-bond acceptors (Lipinski definition) is 4. The van der Waals surface area contributed by atoms with Gasteiger partial charge in [-0.3, -0.25) is 4.40 Å². The molecule has 19 heavy (non-hydrogen) atoms. The maximum Gasteiger partial charge on any atom is 0.182 e. The molecular formula is C13H13BrN4O. The number of pyridine rings is 1. The molecule has 0 unspecified atom stereocenters. The van der Waals surface area contributed by atoms with E-state index in [-0.39, 0.29) is 5.41 Å². The maximum atomic E-state index is 5.39. The van der Waals surface area contributed by atoms with Crippen LogP contribution in [-0.4, -0.2) is 19.6 Å². The van der Waals surface area contributed by atoms with Crippen LogP contribution in [0.1, 0.15) is 26.6 Å². The second-order valence-electron chi connectivity index (χ2n) is 5.39. The quantitative estimate of drug-likeness (QED) is 0.689. The number of aromatic nitrogens is 4. The zero-order chi connectivity index (χ0) is 13.6. The molecule has 0 aromatic carbocycles. The van der Waals surface area contributed by atoms with Crippen LogP contribution in [-0.2, 0) is 5.41 Å². The standard InChI is InChI=1S/C13H13BrN4O/c1-13(2,3)12-17-16-9-5-4-8(6-18(9)12)10-11(14)15-7-19-10/h4-7H,1-3H3. The number of rotatable bonds is 1. The normalized spacial score (nSPS) is 12.2. The van der Waals surface area contributed by atoms with E-state index in [1.54, 1.807) is 0 Å². The first-order chi connectivity index (χ1) is 8.97. The van der Waals surface area contributed by atoms with Crippen LogP contribution in [0.4, 0.5) is 0 Å². The highest BCUT2D eigenvalue weighted by molar-refractivity contribution is 9.10. The monoisotopic (exact) mass is 320 g/mol. The van der Waals surface area contributed by atoms with Gasteiger partial charge in [-0.1, -0.05) is 20.8 Å². The molecule has 3 rings (SSSR count). The van der Waals surface area contributed by atoms with Crippen molar-refractivity contribution < 1.29 is 4.42 Å². The van der Waals surface area contributed by atoms with E-state index in [0.29, 0.717) is 10.4 Å². The molecule has 0 fully saturated rings. The average Bonchev–Trinajstić information content (AvgIpc) is 2.92. The van der Waals surface area contributed by atoms with Gasteiger partial charge in [-0.05, 0) is 28.1 Å². The Hall–Kier alpha value is -1.69. The van der Waals surface area contributed by atoms with Crippen LogP contribution in [0.25, 0.3) is 17.0 Å². The Morgan fingerprint density at radius 3 is 2.63 bits per heavy atom. The van der Waals surface area contributed by atoms with E-state index in [0.717, 1.165) is 17.0 Å². The smallest absolute Gasteiger partial charge is 0.182 e. The van der Waals surface area contributed by atoms with Crippen molar-refractivity contribution in [2.45, 2.75) is 26.2 Å². The Morgan fingerprint density at radius 1 is 1.21 bits per heavy atom. The van der Waals surface area contributed by atoms with E-state index in [9.17, 15) is 0 Å². The summed E-state index contributed by atoms with van der Waals surface area (Å²) < 4.78 is 8.07. The van der Waals surface area contributed by atoms with Crippen LogP contribution in [0.3, 0.4) is 0 Å². The lowest BCUT2D eigenvalue weighted by atomic mass is 9.96. The summed E-state index contributed by atoms with van der Waals surface area (Å²) in [7, 11) is 0. The van der Waals surface area contributed by atoms with Gasteiger partial charge in [-0.2, -0.15) is 0 Å². The van der Waals surface area contributed by atoms with Crippen molar-refractivity contribution >= 4 is 21.6 Å². The van der Waals surface area contributed by atoms with Crippen molar-refractivity contribution in [2.24, 2.45) is 0 Å². The Bertz CT molecular complexity index is 739. The third-order valence-electron chi connectivity index (χ3n) is 2.86. The Morgan fingerprint density at radius 2 is 2.00 bits per heavy atom. The third-order valence-corrected chi connectivity index (χ3v) is 3.42. The number of nitrogens with zero attached hydrogens (tertiary/aromatic N) is 4. The minimum absolute atomic E-state index is 0.0727. The van der Waals surface area contributed by atoms with Gasteiger partial charge in [0.1, 0.15) is 5.82 Å². The van der Waals surface area contributed by atoms with Crippen LogP contribution in [0, 0.1) is 0 Å². The minimum Gasteiger partial charge on any atom is -0.442 e. The second-order valence-corrected chi connectivity index (χ2v) is 6.14. The van der Waals surface area contributed by atoms with Gasteiger partial charge in [-0.25, -0.2) is 4.98 Å². The highest BCUT2D eigenvalue weighted by Gasteiger charge is 2.21. The number of oxazole rings is 1. The lowest BCUT2D eigenvalue weighted by Gasteiger charge is -2.15. The molecule has 0 aliphatic carbocycles. The first kappa shape index (κ1) is 12.3.